The van der Waals surface area contributed by atoms with E-state index in [1.807, 2.05) is 0 Å². The fourth-order valence-corrected chi connectivity index (χ4v) is 1.87. The van der Waals surface area contributed by atoms with E-state index < -0.39 is 0 Å². The molecule has 0 saturated heterocycles. The van der Waals surface area contributed by atoms with Gasteiger partial charge in [-0.3, -0.25) is 0 Å². The van der Waals surface area contributed by atoms with E-state index in [4.69, 9.17) is 4.74 Å². The van der Waals surface area contributed by atoms with Crippen molar-refractivity contribution in [2.24, 2.45) is 5.92 Å². The fraction of sp³-hybridized carbons (Fsp3) is 0.800. The van der Waals surface area contributed by atoms with Gasteiger partial charge in [0, 0.05) is 0 Å². The summed E-state index contributed by atoms with van der Waals surface area (Å²) in [5.74, 6) is 0.779. The second kappa shape index (κ2) is 4.42. The Morgan fingerprint density at radius 1 is 1.36 bits per heavy atom. The Bertz CT molecular complexity index is 114. The highest BCUT2D eigenvalue weighted by atomic mass is 16.5. The predicted octanol–water partition coefficient (Wildman–Crippen LogP) is 3.12. The maximum absolute atomic E-state index is 5.35. The van der Waals surface area contributed by atoms with Crippen LogP contribution in [0.3, 0.4) is 0 Å². The Morgan fingerprint density at radius 3 is 2.55 bits per heavy atom. The van der Waals surface area contributed by atoms with Gasteiger partial charge in [0.25, 0.3) is 0 Å². The van der Waals surface area contributed by atoms with Gasteiger partial charge in [0.05, 0.1) is 12.4 Å². The van der Waals surface area contributed by atoms with Crippen LogP contribution in [0.25, 0.3) is 0 Å². The van der Waals surface area contributed by atoms with Gasteiger partial charge in [-0.1, -0.05) is 25.8 Å². The number of hydrogen-bond donors (Lipinski definition) is 0. The smallest absolute Gasteiger partial charge is 0.0978 e. The minimum atomic E-state index is 0.382. The molecule has 0 heterocycles. The number of hydrogen-bond acceptors (Lipinski definition) is 1. The second-order valence-electron chi connectivity index (χ2n) is 3.41. The number of ether oxygens (including phenoxy) is 1. The Kier molecular flexibility index (Phi) is 3.47. The highest BCUT2D eigenvalue weighted by Crippen LogP contribution is 2.27. The lowest BCUT2D eigenvalue weighted by molar-refractivity contribution is 0.0821. The van der Waals surface area contributed by atoms with Gasteiger partial charge in [-0.15, -0.1) is 0 Å². The van der Waals surface area contributed by atoms with Crippen LogP contribution in [-0.2, 0) is 4.74 Å². The van der Waals surface area contributed by atoms with Gasteiger partial charge >= 0.3 is 0 Å². The van der Waals surface area contributed by atoms with E-state index in [2.05, 4.69) is 13.5 Å². The van der Waals surface area contributed by atoms with Crippen LogP contribution >= 0.6 is 0 Å². The first-order chi connectivity index (χ1) is 5.34. The van der Waals surface area contributed by atoms with Crippen molar-refractivity contribution >= 4 is 0 Å². The Hall–Kier alpha value is -0.460. The molecule has 1 nitrogen and oxygen atoms in total. The SMILES string of the molecule is C=COC(C)C1CCCCC1. The molecule has 11 heavy (non-hydrogen) atoms. The van der Waals surface area contributed by atoms with Crippen molar-refractivity contribution in [2.75, 3.05) is 0 Å². The van der Waals surface area contributed by atoms with Crippen molar-refractivity contribution in [3.05, 3.63) is 12.8 Å². The molecule has 0 aromatic rings. The number of rotatable bonds is 3. The fourth-order valence-electron chi connectivity index (χ4n) is 1.87. The predicted molar refractivity (Wildman–Crippen MR) is 47.3 cm³/mol. The highest BCUT2D eigenvalue weighted by molar-refractivity contribution is 4.72. The van der Waals surface area contributed by atoms with E-state index in [-0.39, 0.29) is 0 Å². The van der Waals surface area contributed by atoms with Crippen molar-refractivity contribution in [3.8, 4) is 0 Å². The first kappa shape index (κ1) is 8.63. The minimum Gasteiger partial charge on any atom is -0.499 e. The van der Waals surface area contributed by atoms with Crippen molar-refractivity contribution < 1.29 is 4.74 Å². The van der Waals surface area contributed by atoms with Gasteiger partial charge in [-0.05, 0) is 25.7 Å². The van der Waals surface area contributed by atoms with Crippen molar-refractivity contribution in [3.63, 3.8) is 0 Å². The lowest BCUT2D eigenvalue weighted by Crippen LogP contribution is -2.21. The Morgan fingerprint density at radius 2 is 2.00 bits per heavy atom. The zero-order valence-electron chi connectivity index (χ0n) is 7.38. The summed E-state index contributed by atoms with van der Waals surface area (Å²) < 4.78 is 5.35. The molecular weight excluding hydrogens is 136 g/mol. The molecule has 1 aliphatic carbocycles. The van der Waals surface area contributed by atoms with Crippen LogP contribution in [0.4, 0.5) is 0 Å². The minimum absolute atomic E-state index is 0.382. The molecule has 1 rings (SSSR count). The molecule has 0 N–H and O–H groups in total. The molecular formula is C10H18O. The van der Waals surface area contributed by atoms with Crippen LogP contribution in [0, 0.1) is 5.92 Å². The molecule has 0 spiro atoms. The van der Waals surface area contributed by atoms with Crippen LogP contribution < -0.4 is 0 Å². The third kappa shape index (κ3) is 2.57. The summed E-state index contributed by atoms with van der Waals surface area (Å²) in [6.07, 6.45) is 8.82. The normalized spacial score (nSPS) is 22.6. The first-order valence-corrected chi connectivity index (χ1v) is 4.61. The molecule has 0 aromatic carbocycles. The largest absolute Gasteiger partial charge is 0.499 e. The topological polar surface area (TPSA) is 9.23 Å². The van der Waals surface area contributed by atoms with E-state index in [1.54, 1.807) is 6.26 Å². The van der Waals surface area contributed by atoms with E-state index in [0.717, 1.165) is 5.92 Å². The molecule has 0 radical (unpaired) electrons. The van der Waals surface area contributed by atoms with E-state index in [0.29, 0.717) is 6.10 Å². The quantitative estimate of drug-likeness (QED) is 0.567. The van der Waals surface area contributed by atoms with E-state index >= 15 is 0 Å². The maximum Gasteiger partial charge on any atom is 0.0978 e. The molecule has 1 saturated carbocycles. The van der Waals surface area contributed by atoms with Crippen LogP contribution in [0.2, 0.25) is 0 Å². The van der Waals surface area contributed by atoms with Crippen molar-refractivity contribution in [1.82, 2.24) is 0 Å². The zero-order chi connectivity index (χ0) is 8.10. The molecule has 1 aliphatic rings. The standard InChI is InChI=1S/C10H18O/c1-3-11-9(2)10-7-5-4-6-8-10/h3,9-10H,1,4-8H2,2H3. The average Bonchev–Trinajstić information content (AvgIpc) is 2.07. The summed E-state index contributed by atoms with van der Waals surface area (Å²) >= 11 is 0. The van der Waals surface area contributed by atoms with Gasteiger partial charge in [0.1, 0.15) is 0 Å². The van der Waals surface area contributed by atoms with Gasteiger partial charge in [0.2, 0.25) is 0 Å². The molecule has 1 fully saturated rings. The van der Waals surface area contributed by atoms with E-state index in [1.165, 1.54) is 32.1 Å². The average molecular weight is 154 g/mol. The highest BCUT2D eigenvalue weighted by Gasteiger charge is 2.19. The molecule has 0 amide bonds. The summed E-state index contributed by atoms with van der Waals surface area (Å²) in [4.78, 5) is 0. The van der Waals surface area contributed by atoms with E-state index in [9.17, 15) is 0 Å². The summed E-state index contributed by atoms with van der Waals surface area (Å²) in [6.45, 7) is 5.72. The monoisotopic (exact) mass is 154 g/mol. The summed E-state index contributed by atoms with van der Waals surface area (Å²) in [6, 6.07) is 0. The molecule has 0 aliphatic heterocycles. The lowest BCUT2D eigenvalue weighted by atomic mass is 9.86. The van der Waals surface area contributed by atoms with Crippen LogP contribution in [0.5, 0.6) is 0 Å². The first-order valence-electron chi connectivity index (χ1n) is 4.61. The Balaban J connectivity index is 2.26. The molecule has 1 atom stereocenters. The van der Waals surface area contributed by atoms with Gasteiger partial charge in [0.15, 0.2) is 0 Å². The third-order valence-electron chi connectivity index (χ3n) is 2.62. The molecule has 64 valence electrons. The second-order valence-corrected chi connectivity index (χ2v) is 3.41. The lowest BCUT2D eigenvalue weighted by Gasteiger charge is -2.26. The van der Waals surface area contributed by atoms with Crippen LogP contribution in [0.15, 0.2) is 12.8 Å². The summed E-state index contributed by atoms with van der Waals surface area (Å²) in [5, 5.41) is 0. The molecule has 1 heteroatoms. The van der Waals surface area contributed by atoms with Gasteiger partial charge in [-0.25, -0.2) is 0 Å². The molecule has 0 bridgehead atoms. The Labute approximate surface area is 69.4 Å². The molecule has 0 aromatic heterocycles. The molecule has 1 unspecified atom stereocenters. The maximum atomic E-state index is 5.35. The third-order valence-corrected chi connectivity index (χ3v) is 2.62. The van der Waals surface area contributed by atoms with Crippen molar-refractivity contribution in [2.45, 2.75) is 45.1 Å². The summed E-state index contributed by atoms with van der Waals surface area (Å²) in [5.41, 5.74) is 0. The van der Waals surface area contributed by atoms with Crippen molar-refractivity contribution in [1.29, 1.82) is 0 Å². The van der Waals surface area contributed by atoms with Crippen LogP contribution in [0.1, 0.15) is 39.0 Å². The van der Waals surface area contributed by atoms with Gasteiger partial charge in [-0.2, -0.15) is 0 Å². The summed E-state index contributed by atoms with van der Waals surface area (Å²) in [7, 11) is 0. The van der Waals surface area contributed by atoms with Crippen LogP contribution in [-0.4, -0.2) is 6.10 Å². The van der Waals surface area contributed by atoms with Gasteiger partial charge < -0.3 is 4.74 Å². The zero-order valence-corrected chi connectivity index (χ0v) is 7.38.